The summed E-state index contributed by atoms with van der Waals surface area (Å²) in [7, 11) is -3.74. The molecule has 0 heterocycles. The van der Waals surface area contributed by atoms with Crippen molar-refractivity contribution in [3.8, 4) is 0 Å². The second-order valence-electron chi connectivity index (χ2n) is 3.69. The molecule has 0 aromatic carbocycles. The lowest BCUT2D eigenvalue weighted by Crippen LogP contribution is -2.25. The van der Waals surface area contributed by atoms with Crippen LogP contribution in [-0.2, 0) is 19.0 Å². The molecular formula is C11H21NO6S. The van der Waals surface area contributed by atoms with E-state index >= 15 is 0 Å². The Morgan fingerprint density at radius 2 is 2.11 bits per heavy atom. The van der Waals surface area contributed by atoms with E-state index in [1.165, 1.54) is 0 Å². The maximum absolute atomic E-state index is 11.3. The molecule has 8 heteroatoms. The number of nitrogens with one attached hydrogen (secondary N) is 1. The molecule has 0 aliphatic heterocycles. The Morgan fingerprint density at radius 1 is 1.42 bits per heavy atom. The summed E-state index contributed by atoms with van der Waals surface area (Å²) in [6, 6.07) is 0. The van der Waals surface area contributed by atoms with Gasteiger partial charge in [-0.1, -0.05) is 13.0 Å². The Kier molecular flexibility index (Phi) is 9.19. The number of hydrogen-bond acceptors (Lipinski definition) is 6. The number of aliphatic hydroxyl groups excluding tert-OH is 1. The zero-order valence-corrected chi connectivity index (χ0v) is 11.8. The van der Waals surface area contributed by atoms with Crippen molar-refractivity contribution < 1.29 is 27.2 Å². The summed E-state index contributed by atoms with van der Waals surface area (Å²) in [5.41, 5.74) is 0. The van der Waals surface area contributed by atoms with Crippen LogP contribution in [0.1, 0.15) is 26.2 Å². The van der Waals surface area contributed by atoms with Crippen molar-refractivity contribution in [2.24, 2.45) is 0 Å². The minimum atomic E-state index is -3.74. The molecule has 0 spiro atoms. The van der Waals surface area contributed by atoms with Gasteiger partial charge in [-0.05, 0) is 25.8 Å². The zero-order valence-electron chi connectivity index (χ0n) is 11.0. The molecule has 0 aliphatic rings. The molecule has 0 radical (unpaired) electrons. The molecule has 0 rings (SSSR count). The van der Waals surface area contributed by atoms with E-state index in [2.05, 4.69) is 20.8 Å². The fraction of sp³-hybridized carbons (Fsp3) is 0.727. The summed E-state index contributed by atoms with van der Waals surface area (Å²) in [5, 5.41) is 11.5. The Labute approximate surface area is 113 Å². The molecule has 0 saturated heterocycles. The number of carbonyl (C=O) groups excluding carboxylic acids is 1. The molecule has 1 unspecified atom stereocenters. The topological polar surface area (TPSA) is 102 Å². The SMILES string of the molecule is C=CC(O)OS(=O)(=O)CCCCCNC(=O)OCC. The van der Waals surface area contributed by atoms with Crippen molar-refractivity contribution in [3.05, 3.63) is 12.7 Å². The number of rotatable bonds is 10. The van der Waals surface area contributed by atoms with Gasteiger partial charge in [0.1, 0.15) is 0 Å². The Hall–Kier alpha value is -1.12. The third kappa shape index (κ3) is 10.5. The average molecular weight is 295 g/mol. The van der Waals surface area contributed by atoms with E-state index in [9.17, 15) is 13.2 Å². The van der Waals surface area contributed by atoms with Gasteiger partial charge in [-0.25, -0.2) is 8.98 Å². The summed E-state index contributed by atoms with van der Waals surface area (Å²) >= 11 is 0. The van der Waals surface area contributed by atoms with Gasteiger partial charge in [-0.15, -0.1) is 0 Å². The highest BCUT2D eigenvalue weighted by Gasteiger charge is 2.14. The number of hydrogen-bond donors (Lipinski definition) is 2. The van der Waals surface area contributed by atoms with Gasteiger partial charge < -0.3 is 15.2 Å². The van der Waals surface area contributed by atoms with Crippen molar-refractivity contribution in [2.45, 2.75) is 32.5 Å². The standard InChI is InChI=1S/C11H21NO6S/c1-3-10(13)18-19(15,16)9-7-5-6-8-12-11(14)17-4-2/h3,10,13H,1,4-9H2,2H3,(H,12,14). The van der Waals surface area contributed by atoms with Crippen molar-refractivity contribution >= 4 is 16.2 Å². The van der Waals surface area contributed by atoms with Gasteiger partial charge in [0.25, 0.3) is 10.1 Å². The molecule has 0 aliphatic carbocycles. The third-order valence-electron chi connectivity index (χ3n) is 2.06. The largest absolute Gasteiger partial charge is 0.450 e. The normalized spacial score (nSPS) is 12.7. The van der Waals surface area contributed by atoms with Gasteiger partial charge in [0.2, 0.25) is 0 Å². The lowest BCUT2D eigenvalue weighted by atomic mass is 10.2. The number of amides is 1. The second-order valence-corrected chi connectivity index (χ2v) is 5.41. The van der Waals surface area contributed by atoms with Crippen molar-refractivity contribution in [3.63, 3.8) is 0 Å². The molecular weight excluding hydrogens is 274 g/mol. The van der Waals surface area contributed by atoms with E-state index in [4.69, 9.17) is 5.11 Å². The molecule has 0 fully saturated rings. The maximum Gasteiger partial charge on any atom is 0.407 e. The van der Waals surface area contributed by atoms with Crippen molar-refractivity contribution in [2.75, 3.05) is 18.9 Å². The van der Waals surface area contributed by atoms with Gasteiger partial charge in [-0.3, -0.25) is 0 Å². The summed E-state index contributed by atoms with van der Waals surface area (Å²) in [4.78, 5) is 10.9. The second kappa shape index (κ2) is 9.76. The monoisotopic (exact) mass is 295 g/mol. The molecule has 1 atom stereocenters. The van der Waals surface area contributed by atoms with Crippen molar-refractivity contribution in [1.29, 1.82) is 0 Å². The van der Waals surface area contributed by atoms with Gasteiger partial charge in [0.05, 0.1) is 12.4 Å². The van der Waals surface area contributed by atoms with Crippen LogP contribution in [-0.4, -0.2) is 44.8 Å². The average Bonchev–Trinajstić information content (AvgIpc) is 2.33. The van der Waals surface area contributed by atoms with Crippen LogP contribution >= 0.6 is 0 Å². The van der Waals surface area contributed by atoms with Gasteiger partial charge in [0.15, 0.2) is 6.29 Å². The van der Waals surface area contributed by atoms with Crippen LogP contribution in [0, 0.1) is 0 Å². The summed E-state index contributed by atoms with van der Waals surface area (Å²) in [5.74, 6) is -0.183. The van der Waals surface area contributed by atoms with Crippen LogP contribution in [0.5, 0.6) is 0 Å². The van der Waals surface area contributed by atoms with E-state index in [1.54, 1.807) is 6.92 Å². The van der Waals surface area contributed by atoms with E-state index in [-0.39, 0.29) is 5.75 Å². The number of unbranched alkanes of at least 4 members (excludes halogenated alkanes) is 2. The lowest BCUT2D eigenvalue weighted by molar-refractivity contribution is 0.0310. The molecule has 0 saturated carbocycles. The molecule has 0 bridgehead atoms. The maximum atomic E-state index is 11.3. The Balaban J connectivity index is 3.63. The van der Waals surface area contributed by atoms with Crippen LogP contribution in [0.25, 0.3) is 0 Å². The molecule has 0 aromatic heterocycles. The first-order valence-electron chi connectivity index (χ1n) is 6.03. The number of ether oxygens (including phenoxy) is 1. The smallest absolute Gasteiger partial charge is 0.407 e. The van der Waals surface area contributed by atoms with Crippen LogP contribution < -0.4 is 5.32 Å². The quantitative estimate of drug-likeness (QED) is 0.267. The third-order valence-corrected chi connectivity index (χ3v) is 3.34. The van der Waals surface area contributed by atoms with Crippen LogP contribution in [0.2, 0.25) is 0 Å². The van der Waals surface area contributed by atoms with Gasteiger partial charge >= 0.3 is 6.09 Å². The molecule has 19 heavy (non-hydrogen) atoms. The van der Waals surface area contributed by atoms with Gasteiger partial charge in [0, 0.05) is 6.54 Å². The van der Waals surface area contributed by atoms with E-state index < -0.39 is 22.5 Å². The first-order chi connectivity index (χ1) is 8.91. The summed E-state index contributed by atoms with van der Waals surface area (Å²) < 4.78 is 31.7. The minimum Gasteiger partial charge on any atom is -0.450 e. The predicted octanol–water partition coefficient (Wildman–Crippen LogP) is 0.754. The number of aliphatic hydroxyl groups is 1. The highest BCUT2D eigenvalue weighted by molar-refractivity contribution is 7.86. The van der Waals surface area contributed by atoms with Gasteiger partial charge in [-0.2, -0.15) is 8.42 Å². The molecule has 112 valence electrons. The fourth-order valence-corrected chi connectivity index (χ4v) is 2.22. The number of alkyl carbamates (subject to hydrolysis) is 1. The Bertz CT molecular complexity index is 367. The highest BCUT2D eigenvalue weighted by atomic mass is 32.2. The summed E-state index contributed by atoms with van der Waals surface area (Å²) in [6.45, 7) is 5.65. The fourth-order valence-electron chi connectivity index (χ4n) is 1.19. The predicted molar refractivity (Wildman–Crippen MR) is 70.0 cm³/mol. The van der Waals surface area contributed by atoms with Crippen LogP contribution in [0.4, 0.5) is 4.79 Å². The van der Waals surface area contributed by atoms with E-state index in [0.717, 1.165) is 6.08 Å². The minimum absolute atomic E-state index is 0.183. The first-order valence-corrected chi connectivity index (χ1v) is 7.61. The van der Waals surface area contributed by atoms with Crippen LogP contribution in [0.15, 0.2) is 12.7 Å². The zero-order chi connectivity index (χ0) is 14.7. The van der Waals surface area contributed by atoms with E-state index in [0.29, 0.717) is 32.4 Å². The summed E-state index contributed by atoms with van der Waals surface area (Å²) in [6.07, 6.45) is 0.637. The molecule has 2 N–H and O–H groups in total. The van der Waals surface area contributed by atoms with Crippen LogP contribution in [0.3, 0.4) is 0 Å². The number of carbonyl (C=O) groups is 1. The van der Waals surface area contributed by atoms with E-state index in [1.807, 2.05) is 0 Å². The van der Waals surface area contributed by atoms with Crippen molar-refractivity contribution in [1.82, 2.24) is 5.32 Å². The Morgan fingerprint density at radius 3 is 2.68 bits per heavy atom. The highest BCUT2D eigenvalue weighted by Crippen LogP contribution is 2.04. The molecule has 1 amide bonds. The molecule has 7 nitrogen and oxygen atoms in total. The molecule has 0 aromatic rings. The lowest BCUT2D eigenvalue weighted by Gasteiger charge is -2.08. The first kappa shape index (κ1) is 17.9.